The maximum atomic E-state index is 4.45. The van der Waals surface area contributed by atoms with Crippen LogP contribution in [0, 0.1) is 5.92 Å². The van der Waals surface area contributed by atoms with Gasteiger partial charge in [0, 0.05) is 17.6 Å². The molecule has 100 valence electrons. The molecule has 2 unspecified atom stereocenters. The van der Waals surface area contributed by atoms with Crippen LogP contribution >= 0.6 is 0 Å². The van der Waals surface area contributed by atoms with E-state index in [4.69, 9.17) is 0 Å². The van der Waals surface area contributed by atoms with E-state index < -0.39 is 0 Å². The third-order valence-electron chi connectivity index (χ3n) is 4.33. The van der Waals surface area contributed by atoms with Crippen LogP contribution in [-0.4, -0.2) is 17.6 Å². The standard InChI is InChI=1S/C17H22N2/c1-12(11-19-14-8-9-14)13(2)15-5-3-7-17-16(15)6-4-10-18-17/h3-7,10,12-14,19H,8-9,11H2,1-2H3. The van der Waals surface area contributed by atoms with Gasteiger partial charge in [0.1, 0.15) is 0 Å². The second-order valence-electron chi connectivity index (χ2n) is 5.87. The molecule has 1 fully saturated rings. The predicted octanol–water partition coefficient (Wildman–Crippen LogP) is 3.73. The van der Waals surface area contributed by atoms with Crippen molar-refractivity contribution < 1.29 is 0 Å². The summed E-state index contributed by atoms with van der Waals surface area (Å²) in [6.07, 6.45) is 4.59. The summed E-state index contributed by atoms with van der Waals surface area (Å²) in [5.74, 6) is 1.20. The fourth-order valence-corrected chi connectivity index (χ4v) is 2.65. The lowest BCUT2D eigenvalue weighted by Crippen LogP contribution is -2.26. The Morgan fingerprint density at radius 3 is 2.84 bits per heavy atom. The van der Waals surface area contributed by atoms with Gasteiger partial charge in [-0.2, -0.15) is 0 Å². The molecule has 2 nitrogen and oxygen atoms in total. The van der Waals surface area contributed by atoms with Crippen LogP contribution < -0.4 is 5.32 Å². The number of benzene rings is 1. The lowest BCUT2D eigenvalue weighted by molar-refractivity contribution is 0.448. The third-order valence-corrected chi connectivity index (χ3v) is 4.33. The van der Waals surface area contributed by atoms with E-state index in [1.807, 2.05) is 12.3 Å². The Morgan fingerprint density at radius 2 is 2.05 bits per heavy atom. The van der Waals surface area contributed by atoms with E-state index >= 15 is 0 Å². The van der Waals surface area contributed by atoms with E-state index in [9.17, 15) is 0 Å². The van der Waals surface area contributed by atoms with Crippen molar-refractivity contribution in [3.8, 4) is 0 Å². The van der Waals surface area contributed by atoms with Crippen LogP contribution in [0.1, 0.15) is 38.2 Å². The minimum atomic E-state index is 0.555. The van der Waals surface area contributed by atoms with Crippen LogP contribution in [0.5, 0.6) is 0 Å². The third kappa shape index (κ3) is 2.79. The monoisotopic (exact) mass is 254 g/mol. The highest BCUT2D eigenvalue weighted by atomic mass is 14.9. The zero-order chi connectivity index (χ0) is 13.2. The van der Waals surface area contributed by atoms with Gasteiger partial charge < -0.3 is 5.32 Å². The molecule has 0 aliphatic heterocycles. The van der Waals surface area contributed by atoms with Gasteiger partial charge in [-0.05, 0) is 48.9 Å². The molecule has 0 saturated heterocycles. The van der Waals surface area contributed by atoms with Crippen LogP contribution in [0.3, 0.4) is 0 Å². The first-order valence-corrected chi connectivity index (χ1v) is 7.32. The number of nitrogens with zero attached hydrogens (tertiary/aromatic N) is 1. The molecule has 1 heterocycles. The maximum Gasteiger partial charge on any atom is 0.0704 e. The Morgan fingerprint density at radius 1 is 1.21 bits per heavy atom. The highest BCUT2D eigenvalue weighted by Crippen LogP contribution is 2.30. The summed E-state index contributed by atoms with van der Waals surface area (Å²) < 4.78 is 0. The summed E-state index contributed by atoms with van der Waals surface area (Å²) in [5, 5.41) is 4.94. The molecule has 2 aromatic rings. The second-order valence-corrected chi connectivity index (χ2v) is 5.87. The molecule has 0 radical (unpaired) electrons. The molecule has 0 spiro atoms. The number of hydrogen-bond donors (Lipinski definition) is 1. The van der Waals surface area contributed by atoms with Gasteiger partial charge in [0.15, 0.2) is 0 Å². The number of fused-ring (bicyclic) bond motifs is 1. The van der Waals surface area contributed by atoms with Gasteiger partial charge in [0.2, 0.25) is 0 Å². The summed E-state index contributed by atoms with van der Waals surface area (Å²) >= 11 is 0. The maximum absolute atomic E-state index is 4.45. The van der Waals surface area contributed by atoms with E-state index in [1.54, 1.807) is 0 Å². The van der Waals surface area contributed by atoms with Gasteiger partial charge in [0.05, 0.1) is 5.52 Å². The topological polar surface area (TPSA) is 24.9 Å². The van der Waals surface area contributed by atoms with Crippen LogP contribution in [0.4, 0.5) is 0 Å². The Labute approximate surface area is 115 Å². The average Bonchev–Trinajstić information content (AvgIpc) is 3.27. The molecule has 1 aliphatic rings. The number of nitrogens with one attached hydrogen (secondary N) is 1. The molecular weight excluding hydrogens is 232 g/mol. The van der Waals surface area contributed by atoms with Crippen molar-refractivity contribution in [2.45, 2.75) is 38.6 Å². The van der Waals surface area contributed by atoms with E-state index in [2.05, 4.69) is 48.4 Å². The fraction of sp³-hybridized carbons (Fsp3) is 0.471. The summed E-state index contributed by atoms with van der Waals surface area (Å²) in [4.78, 5) is 4.45. The Kier molecular flexibility index (Phi) is 3.52. The second kappa shape index (κ2) is 5.30. The van der Waals surface area contributed by atoms with Gasteiger partial charge in [-0.25, -0.2) is 0 Å². The van der Waals surface area contributed by atoms with E-state index in [1.165, 1.54) is 23.8 Å². The summed E-state index contributed by atoms with van der Waals surface area (Å²) in [7, 11) is 0. The fourth-order valence-electron chi connectivity index (χ4n) is 2.65. The molecule has 1 aliphatic carbocycles. The lowest BCUT2D eigenvalue weighted by atomic mass is 9.86. The van der Waals surface area contributed by atoms with Gasteiger partial charge >= 0.3 is 0 Å². The minimum Gasteiger partial charge on any atom is -0.314 e. The highest BCUT2D eigenvalue weighted by Gasteiger charge is 2.23. The van der Waals surface area contributed by atoms with Gasteiger partial charge in [-0.15, -0.1) is 0 Å². The van der Waals surface area contributed by atoms with Crippen molar-refractivity contribution in [3.05, 3.63) is 42.1 Å². The van der Waals surface area contributed by atoms with Crippen molar-refractivity contribution >= 4 is 10.9 Å². The van der Waals surface area contributed by atoms with Crippen molar-refractivity contribution in [1.82, 2.24) is 10.3 Å². The quantitative estimate of drug-likeness (QED) is 0.879. The lowest BCUT2D eigenvalue weighted by Gasteiger charge is -2.22. The number of pyridine rings is 1. The van der Waals surface area contributed by atoms with Gasteiger partial charge in [0.25, 0.3) is 0 Å². The molecule has 1 aromatic heterocycles. The molecule has 19 heavy (non-hydrogen) atoms. The molecule has 0 bridgehead atoms. The number of hydrogen-bond acceptors (Lipinski definition) is 2. The predicted molar refractivity (Wildman–Crippen MR) is 80.3 cm³/mol. The Bertz CT molecular complexity index is 555. The Balaban J connectivity index is 1.81. The van der Waals surface area contributed by atoms with Crippen molar-refractivity contribution in [2.75, 3.05) is 6.54 Å². The summed E-state index contributed by atoms with van der Waals surface area (Å²) in [6.45, 7) is 5.79. The number of rotatable bonds is 5. The molecule has 1 aromatic carbocycles. The molecule has 2 atom stereocenters. The van der Waals surface area contributed by atoms with Crippen molar-refractivity contribution in [2.24, 2.45) is 5.92 Å². The van der Waals surface area contributed by atoms with Gasteiger partial charge in [-0.3, -0.25) is 4.98 Å². The van der Waals surface area contributed by atoms with Gasteiger partial charge in [-0.1, -0.05) is 32.0 Å². The molecule has 3 rings (SSSR count). The smallest absolute Gasteiger partial charge is 0.0704 e. The molecule has 0 amide bonds. The van der Waals surface area contributed by atoms with Crippen LogP contribution in [-0.2, 0) is 0 Å². The molecular formula is C17H22N2. The SMILES string of the molecule is CC(CNC1CC1)C(C)c1cccc2ncccc12. The minimum absolute atomic E-state index is 0.555. The van der Waals surface area contributed by atoms with Crippen LogP contribution in [0.2, 0.25) is 0 Å². The molecule has 1 saturated carbocycles. The summed E-state index contributed by atoms with van der Waals surface area (Å²) in [5.41, 5.74) is 2.53. The number of aromatic nitrogens is 1. The summed E-state index contributed by atoms with van der Waals surface area (Å²) in [6, 6.07) is 11.5. The first-order chi connectivity index (χ1) is 9.25. The first-order valence-electron chi connectivity index (χ1n) is 7.32. The Hall–Kier alpha value is -1.41. The zero-order valence-electron chi connectivity index (χ0n) is 11.8. The van der Waals surface area contributed by atoms with E-state index in [0.29, 0.717) is 11.8 Å². The molecule has 1 N–H and O–H groups in total. The first kappa shape index (κ1) is 12.6. The normalized spacial score (nSPS) is 18.4. The average molecular weight is 254 g/mol. The zero-order valence-corrected chi connectivity index (χ0v) is 11.8. The largest absolute Gasteiger partial charge is 0.314 e. The highest BCUT2D eigenvalue weighted by molar-refractivity contribution is 5.82. The van der Waals surface area contributed by atoms with Crippen molar-refractivity contribution in [3.63, 3.8) is 0 Å². The molecule has 2 heteroatoms. The van der Waals surface area contributed by atoms with Crippen LogP contribution in [0.15, 0.2) is 36.5 Å². The van der Waals surface area contributed by atoms with Crippen LogP contribution in [0.25, 0.3) is 10.9 Å². The van der Waals surface area contributed by atoms with E-state index in [-0.39, 0.29) is 0 Å². The van der Waals surface area contributed by atoms with Crippen molar-refractivity contribution in [1.29, 1.82) is 0 Å². The van der Waals surface area contributed by atoms with E-state index in [0.717, 1.165) is 18.1 Å².